The van der Waals surface area contributed by atoms with Crippen molar-refractivity contribution < 1.29 is 21.6 Å². The van der Waals surface area contributed by atoms with E-state index in [9.17, 15) is 21.6 Å². The molecule has 0 radical (unpaired) electrons. The van der Waals surface area contributed by atoms with Crippen molar-refractivity contribution in [1.29, 1.82) is 0 Å². The summed E-state index contributed by atoms with van der Waals surface area (Å²) >= 11 is 0. The maximum atomic E-state index is 12.1. The van der Waals surface area contributed by atoms with Gasteiger partial charge in [0.15, 0.2) is 0 Å². The molecule has 1 saturated carbocycles. The van der Waals surface area contributed by atoms with Gasteiger partial charge < -0.3 is 0 Å². The van der Waals surface area contributed by atoms with E-state index in [0.717, 1.165) is 0 Å². The maximum absolute atomic E-state index is 12.1. The molecule has 2 N–H and O–H groups in total. The van der Waals surface area contributed by atoms with Crippen molar-refractivity contribution in [1.82, 2.24) is 0 Å². The number of sulfonamides is 1. The molecule has 0 heterocycles. The lowest BCUT2D eigenvalue weighted by Gasteiger charge is -2.28. The molecule has 1 rings (SSSR count). The number of hydrogen-bond donors (Lipinski definition) is 1. The minimum Gasteiger partial charge on any atom is -0.229 e. The zero-order chi connectivity index (χ0) is 12.4. The smallest absolute Gasteiger partial charge is 0.229 e. The summed E-state index contributed by atoms with van der Waals surface area (Å²) in [5, 5.41) is 4.89. The van der Waals surface area contributed by atoms with Crippen LogP contribution in [0.1, 0.15) is 32.1 Å². The number of nitrogens with two attached hydrogens (primary N) is 1. The first-order valence-electron chi connectivity index (χ1n) is 5.23. The van der Waals surface area contributed by atoms with E-state index in [0.29, 0.717) is 25.7 Å². The normalized spacial score (nSPS) is 28.0. The molecule has 0 bridgehead atoms. The topological polar surface area (TPSA) is 60.2 Å². The number of halogens is 3. The van der Waals surface area contributed by atoms with Gasteiger partial charge in [-0.05, 0) is 37.5 Å². The first-order chi connectivity index (χ1) is 7.16. The third-order valence-corrected chi connectivity index (χ3v) is 3.89. The van der Waals surface area contributed by atoms with Crippen molar-refractivity contribution in [2.75, 3.05) is 5.75 Å². The van der Waals surface area contributed by atoms with Crippen LogP contribution in [-0.4, -0.2) is 20.3 Å². The summed E-state index contributed by atoms with van der Waals surface area (Å²) < 4.78 is 57.9. The second kappa shape index (κ2) is 4.91. The second-order valence-corrected chi connectivity index (χ2v) is 6.19. The van der Waals surface area contributed by atoms with E-state index in [1.165, 1.54) is 0 Å². The van der Waals surface area contributed by atoms with Crippen LogP contribution >= 0.6 is 0 Å². The summed E-state index contributed by atoms with van der Waals surface area (Å²) in [6, 6.07) is 0. The highest BCUT2D eigenvalue weighted by Gasteiger charge is 2.34. The lowest BCUT2D eigenvalue weighted by Crippen LogP contribution is -2.27. The van der Waals surface area contributed by atoms with Crippen molar-refractivity contribution in [2.45, 2.75) is 38.3 Å². The lowest BCUT2D eigenvalue weighted by atomic mass is 9.81. The molecule has 0 aromatic heterocycles. The Balaban J connectivity index is 2.34. The maximum Gasteiger partial charge on any atom is 0.389 e. The third kappa shape index (κ3) is 5.69. The standard InChI is InChI=1S/C9H16F3NO2S/c10-9(11,12)5-7-1-3-8(4-2-7)6-16(13,14)15/h7-8H,1-6H2,(H2,13,14,15). The van der Waals surface area contributed by atoms with Gasteiger partial charge in [0.05, 0.1) is 5.75 Å². The molecule has 96 valence electrons. The molecule has 0 aromatic rings. The molecule has 0 atom stereocenters. The molecule has 0 amide bonds. The molecule has 0 aromatic carbocycles. The van der Waals surface area contributed by atoms with E-state index in [2.05, 4.69) is 0 Å². The largest absolute Gasteiger partial charge is 0.389 e. The van der Waals surface area contributed by atoms with Crippen LogP contribution in [0.25, 0.3) is 0 Å². The molecule has 1 aliphatic rings. The quantitative estimate of drug-likeness (QED) is 0.843. The summed E-state index contributed by atoms with van der Waals surface area (Å²) in [5.41, 5.74) is 0. The molecule has 0 aliphatic heterocycles. The number of primary sulfonamides is 1. The monoisotopic (exact) mass is 259 g/mol. The van der Waals surface area contributed by atoms with Crippen LogP contribution in [-0.2, 0) is 10.0 Å². The summed E-state index contributed by atoms with van der Waals surface area (Å²) in [4.78, 5) is 0. The van der Waals surface area contributed by atoms with Crippen LogP contribution in [0.2, 0.25) is 0 Å². The highest BCUT2D eigenvalue weighted by Crippen LogP contribution is 2.36. The number of alkyl halides is 3. The summed E-state index contributed by atoms with van der Waals surface area (Å²) in [6.07, 6.45) is -2.93. The van der Waals surface area contributed by atoms with Crippen molar-refractivity contribution in [3.05, 3.63) is 0 Å². The van der Waals surface area contributed by atoms with Gasteiger partial charge in [-0.3, -0.25) is 0 Å². The summed E-state index contributed by atoms with van der Waals surface area (Å²) in [6.45, 7) is 0. The Morgan fingerprint density at radius 2 is 1.50 bits per heavy atom. The predicted octanol–water partition coefficient (Wildman–Crippen LogP) is 2.03. The second-order valence-electron chi connectivity index (χ2n) is 4.54. The van der Waals surface area contributed by atoms with Crippen LogP contribution in [0.15, 0.2) is 0 Å². The Morgan fingerprint density at radius 3 is 1.88 bits per heavy atom. The Morgan fingerprint density at radius 1 is 1.06 bits per heavy atom. The van der Waals surface area contributed by atoms with Crippen LogP contribution in [0.3, 0.4) is 0 Å². The fourth-order valence-electron chi connectivity index (χ4n) is 2.26. The highest BCUT2D eigenvalue weighted by molar-refractivity contribution is 7.89. The van der Waals surface area contributed by atoms with E-state index in [-0.39, 0.29) is 17.6 Å². The van der Waals surface area contributed by atoms with Gasteiger partial charge in [0.1, 0.15) is 0 Å². The lowest BCUT2D eigenvalue weighted by molar-refractivity contribution is -0.147. The summed E-state index contributed by atoms with van der Waals surface area (Å²) in [7, 11) is -3.50. The van der Waals surface area contributed by atoms with Crippen molar-refractivity contribution in [2.24, 2.45) is 17.0 Å². The SMILES string of the molecule is NS(=O)(=O)CC1CCC(CC(F)(F)F)CC1. The Labute approximate surface area is 93.3 Å². The molecule has 7 heteroatoms. The predicted molar refractivity (Wildman–Crippen MR) is 54.1 cm³/mol. The van der Waals surface area contributed by atoms with Gasteiger partial charge in [-0.1, -0.05) is 0 Å². The molecule has 3 nitrogen and oxygen atoms in total. The average Bonchev–Trinajstić information content (AvgIpc) is 2.03. The fraction of sp³-hybridized carbons (Fsp3) is 1.00. The zero-order valence-corrected chi connectivity index (χ0v) is 9.65. The molecule has 16 heavy (non-hydrogen) atoms. The van der Waals surface area contributed by atoms with Gasteiger partial charge >= 0.3 is 6.18 Å². The average molecular weight is 259 g/mol. The number of rotatable bonds is 3. The van der Waals surface area contributed by atoms with Gasteiger partial charge in [0, 0.05) is 6.42 Å². The molecule has 0 spiro atoms. The van der Waals surface area contributed by atoms with E-state index < -0.39 is 22.6 Å². The first-order valence-corrected chi connectivity index (χ1v) is 6.94. The zero-order valence-electron chi connectivity index (χ0n) is 8.83. The Hall–Kier alpha value is -0.300. The first kappa shape index (κ1) is 13.8. The van der Waals surface area contributed by atoms with Gasteiger partial charge in [0.2, 0.25) is 10.0 Å². The Bertz CT molecular complexity index is 318. The molecular formula is C9H16F3NO2S. The fourth-order valence-corrected chi connectivity index (χ4v) is 3.25. The van der Waals surface area contributed by atoms with Gasteiger partial charge in [-0.2, -0.15) is 13.2 Å². The minimum absolute atomic E-state index is 0.0699. The van der Waals surface area contributed by atoms with Crippen molar-refractivity contribution in [3.63, 3.8) is 0 Å². The van der Waals surface area contributed by atoms with Crippen molar-refractivity contribution in [3.8, 4) is 0 Å². The van der Waals surface area contributed by atoms with E-state index in [4.69, 9.17) is 5.14 Å². The molecule has 0 unspecified atom stereocenters. The van der Waals surface area contributed by atoms with Gasteiger partial charge in [-0.15, -0.1) is 0 Å². The van der Waals surface area contributed by atoms with Crippen LogP contribution in [0, 0.1) is 11.8 Å². The van der Waals surface area contributed by atoms with Crippen molar-refractivity contribution >= 4 is 10.0 Å². The molecular weight excluding hydrogens is 243 g/mol. The summed E-state index contributed by atoms with van der Waals surface area (Å²) in [5.74, 6) is -0.526. The third-order valence-electron chi connectivity index (χ3n) is 2.95. The van der Waals surface area contributed by atoms with Gasteiger partial charge in [0.25, 0.3) is 0 Å². The highest BCUT2D eigenvalue weighted by atomic mass is 32.2. The van der Waals surface area contributed by atoms with Crippen LogP contribution < -0.4 is 5.14 Å². The van der Waals surface area contributed by atoms with Gasteiger partial charge in [-0.25, -0.2) is 13.6 Å². The molecule has 1 aliphatic carbocycles. The molecule has 1 fully saturated rings. The number of hydrogen-bond acceptors (Lipinski definition) is 2. The van der Waals surface area contributed by atoms with Crippen LogP contribution in [0.4, 0.5) is 13.2 Å². The van der Waals surface area contributed by atoms with E-state index >= 15 is 0 Å². The van der Waals surface area contributed by atoms with E-state index in [1.807, 2.05) is 0 Å². The minimum atomic E-state index is -4.11. The van der Waals surface area contributed by atoms with E-state index in [1.54, 1.807) is 0 Å². The molecule has 0 saturated heterocycles. The Kier molecular flexibility index (Phi) is 4.23. The van der Waals surface area contributed by atoms with Crippen LogP contribution in [0.5, 0.6) is 0 Å².